The summed E-state index contributed by atoms with van der Waals surface area (Å²) >= 11 is 0. The fraction of sp³-hybridized carbons (Fsp3) is 0.409. The summed E-state index contributed by atoms with van der Waals surface area (Å²) in [6.07, 6.45) is 1.79. The second kappa shape index (κ2) is 11.7. The van der Waals surface area contributed by atoms with Crippen molar-refractivity contribution in [1.82, 2.24) is 5.32 Å². The van der Waals surface area contributed by atoms with Crippen LogP contribution in [0.4, 0.5) is 0 Å². The van der Waals surface area contributed by atoms with Crippen molar-refractivity contribution < 1.29 is 23.7 Å². The molecule has 0 atom stereocenters. The Balaban J connectivity index is 1.89. The van der Waals surface area contributed by atoms with Gasteiger partial charge < -0.3 is 24.3 Å². The summed E-state index contributed by atoms with van der Waals surface area (Å²) in [5, 5.41) is 2.85. The summed E-state index contributed by atoms with van der Waals surface area (Å²) in [6.45, 7) is 6.00. The molecule has 2 aromatic carbocycles. The van der Waals surface area contributed by atoms with Crippen LogP contribution in [-0.4, -0.2) is 39.4 Å². The van der Waals surface area contributed by atoms with Crippen LogP contribution in [0, 0.1) is 0 Å². The molecular formula is C22H29NO5. The first-order valence-electron chi connectivity index (χ1n) is 9.62. The number of carbonyl (C=O) groups is 1. The van der Waals surface area contributed by atoms with E-state index in [0.29, 0.717) is 49.2 Å². The minimum absolute atomic E-state index is 0.183. The maximum absolute atomic E-state index is 12.4. The Morgan fingerprint density at radius 3 is 2.29 bits per heavy atom. The molecule has 152 valence electrons. The van der Waals surface area contributed by atoms with Crippen LogP contribution < -0.4 is 24.3 Å². The number of rotatable bonds is 12. The van der Waals surface area contributed by atoms with Crippen LogP contribution in [0.3, 0.4) is 0 Å². The van der Waals surface area contributed by atoms with Gasteiger partial charge in [-0.15, -0.1) is 0 Å². The van der Waals surface area contributed by atoms with E-state index in [4.69, 9.17) is 18.9 Å². The van der Waals surface area contributed by atoms with E-state index in [-0.39, 0.29) is 5.91 Å². The first-order chi connectivity index (χ1) is 13.7. The summed E-state index contributed by atoms with van der Waals surface area (Å²) in [4.78, 5) is 12.4. The van der Waals surface area contributed by atoms with Crippen LogP contribution in [0.5, 0.6) is 23.0 Å². The Hall–Kier alpha value is -2.89. The second-order valence-electron chi connectivity index (χ2n) is 6.14. The third-order valence-electron chi connectivity index (χ3n) is 3.83. The molecule has 0 fully saturated rings. The molecule has 0 spiro atoms. The Labute approximate surface area is 166 Å². The van der Waals surface area contributed by atoms with E-state index in [1.165, 1.54) is 0 Å². The van der Waals surface area contributed by atoms with Crippen molar-refractivity contribution in [3.05, 3.63) is 48.0 Å². The van der Waals surface area contributed by atoms with Gasteiger partial charge in [0.15, 0.2) is 11.5 Å². The molecule has 0 saturated heterocycles. The predicted octanol–water partition coefficient (Wildman–Crippen LogP) is 4.08. The summed E-state index contributed by atoms with van der Waals surface area (Å²) in [5.74, 6) is 2.49. The van der Waals surface area contributed by atoms with Crippen molar-refractivity contribution in [3.8, 4) is 23.0 Å². The van der Waals surface area contributed by atoms with Crippen molar-refractivity contribution in [2.45, 2.75) is 26.7 Å². The number of hydrogen-bond acceptors (Lipinski definition) is 5. The lowest BCUT2D eigenvalue weighted by Gasteiger charge is -2.14. The lowest BCUT2D eigenvalue weighted by atomic mass is 10.2. The molecule has 0 saturated carbocycles. The van der Waals surface area contributed by atoms with E-state index >= 15 is 0 Å². The molecule has 2 aromatic rings. The molecule has 0 bridgehead atoms. The Morgan fingerprint density at radius 2 is 1.57 bits per heavy atom. The minimum Gasteiger partial charge on any atom is -0.497 e. The first-order valence-corrected chi connectivity index (χ1v) is 9.62. The number of amides is 1. The standard InChI is InChI=1S/C22H29NO5/c1-4-12-27-20-10-9-17(15-21(20)28-13-5-2)22(24)23-11-14-26-19-8-6-7-18(16-19)25-3/h6-10,15-16H,4-5,11-14H2,1-3H3,(H,23,24). The first kappa shape index (κ1) is 21.4. The second-order valence-corrected chi connectivity index (χ2v) is 6.14. The number of nitrogens with one attached hydrogen (secondary N) is 1. The van der Waals surface area contributed by atoms with Crippen LogP contribution in [0.2, 0.25) is 0 Å². The molecule has 2 rings (SSSR count). The highest BCUT2D eigenvalue weighted by Crippen LogP contribution is 2.29. The van der Waals surface area contributed by atoms with Crippen molar-refractivity contribution in [2.75, 3.05) is 33.5 Å². The molecule has 6 nitrogen and oxygen atoms in total. The maximum Gasteiger partial charge on any atom is 0.251 e. The van der Waals surface area contributed by atoms with Gasteiger partial charge in [-0.3, -0.25) is 4.79 Å². The van der Waals surface area contributed by atoms with Gasteiger partial charge in [-0.05, 0) is 43.2 Å². The molecule has 0 aliphatic heterocycles. The van der Waals surface area contributed by atoms with Gasteiger partial charge >= 0.3 is 0 Å². The topological polar surface area (TPSA) is 66.0 Å². The van der Waals surface area contributed by atoms with Crippen LogP contribution in [0.1, 0.15) is 37.0 Å². The van der Waals surface area contributed by atoms with E-state index in [0.717, 1.165) is 18.6 Å². The van der Waals surface area contributed by atoms with Crippen molar-refractivity contribution in [3.63, 3.8) is 0 Å². The molecule has 6 heteroatoms. The molecule has 0 aliphatic carbocycles. The highest BCUT2D eigenvalue weighted by molar-refractivity contribution is 5.94. The van der Waals surface area contributed by atoms with Crippen molar-refractivity contribution in [2.24, 2.45) is 0 Å². The van der Waals surface area contributed by atoms with E-state index in [9.17, 15) is 4.79 Å². The Kier molecular flexibility index (Phi) is 8.98. The molecule has 1 amide bonds. The molecule has 0 unspecified atom stereocenters. The normalized spacial score (nSPS) is 10.2. The van der Waals surface area contributed by atoms with Gasteiger partial charge in [-0.25, -0.2) is 0 Å². The summed E-state index contributed by atoms with van der Waals surface area (Å²) < 4.78 is 22.2. The van der Waals surface area contributed by atoms with Crippen molar-refractivity contribution >= 4 is 5.91 Å². The van der Waals surface area contributed by atoms with Gasteiger partial charge in [-0.2, -0.15) is 0 Å². The predicted molar refractivity (Wildman–Crippen MR) is 109 cm³/mol. The molecule has 0 aliphatic rings. The highest BCUT2D eigenvalue weighted by Gasteiger charge is 2.11. The van der Waals surface area contributed by atoms with E-state index in [2.05, 4.69) is 5.32 Å². The fourth-order valence-electron chi connectivity index (χ4n) is 2.43. The molecule has 28 heavy (non-hydrogen) atoms. The van der Waals surface area contributed by atoms with Crippen LogP contribution in [0.15, 0.2) is 42.5 Å². The third kappa shape index (κ3) is 6.68. The zero-order valence-corrected chi connectivity index (χ0v) is 16.8. The van der Waals surface area contributed by atoms with Crippen LogP contribution >= 0.6 is 0 Å². The molecule has 0 radical (unpaired) electrons. The van der Waals surface area contributed by atoms with E-state index < -0.39 is 0 Å². The van der Waals surface area contributed by atoms with Gasteiger partial charge in [-0.1, -0.05) is 19.9 Å². The highest BCUT2D eigenvalue weighted by atomic mass is 16.5. The van der Waals surface area contributed by atoms with Crippen LogP contribution in [-0.2, 0) is 0 Å². The molecular weight excluding hydrogens is 358 g/mol. The lowest BCUT2D eigenvalue weighted by Crippen LogP contribution is -2.28. The number of ether oxygens (including phenoxy) is 4. The molecule has 0 aromatic heterocycles. The number of methoxy groups -OCH3 is 1. The summed E-state index contributed by atoms with van der Waals surface area (Å²) in [6, 6.07) is 12.6. The molecule has 1 N–H and O–H groups in total. The molecule has 0 heterocycles. The number of carbonyl (C=O) groups excluding carboxylic acids is 1. The largest absolute Gasteiger partial charge is 0.497 e. The minimum atomic E-state index is -0.183. The van der Waals surface area contributed by atoms with Crippen molar-refractivity contribution in [1.29, 1.82) is 0 Å². The summed E-state index contributed by atoms with van der Waals surface area (Å²) in [5.41, 5.74) is 0.524. The lowest BCUT2D eigenvalue weighted by molar-refractivity contribution is 0.0946. The van der Waals surface area contributed by atoms with Gasteiger partial charge in [0.2, 0.25) is 0 Å². The third-order valence-corrected chi connectivity index (χ3v) is 3.83. The number of benzene rings is 2. The van der Waals surface area contributed by atoms with Gasteiger partial charge in [0.05, 0.1) is 26.9 Å². The Bertz CT molecular complexity index is 747. The number of hydrogen-bond donors (Lipinski definition) is 1. The van der Waals surface area contributed by atoms with Gasteiger partial charge in [0.1, 0.15) is 18.1 Å². The fourth-order valence-corrected chi connectivity index (χ4v) is 2.43. The average Bonchev–Trinajstić information content (AvgIpc) is 2.74. The zero-order valence-electron chi connectivity index (χ0n) is 16.8. The van der Waals surface area contributed by atoms with E-state index in [1.54, 1.807) is 31.4 Å². The van der Waals surface area contributed by atoms with Gasteiger partial charge in [0.25, 0.3) is 5.91 Å². The smallest absolute Gasteiger partial charge is 0.251 e. The monoisotopic (exact) mass is 387 g/mol. The quantitative estimate of drug-likeness (QED) is 0.556. The maximum atomic E-state index is 12.4. The summed E-state index contributed by atoms with van der Waals surface area (Å²) in [7, 11) is 1.61. The van der Waals surface area contributed by atoms with Gasteiger partial charge in [0, 0.05) is 11.6 Å². The van der Waals surface area contributed by atoms with Crippen LogP contribution in [0.25, 0.3) is 0 Å². The average molecular weight is 387 g/mol. The SMILES string of the molecule is CCCOc1ccc(C(=O)NCCOc2cccc(OC)c2)cc1OCCC. The van der Waals surface area contributed by atoms with E-state index in [1.807, 2.05) is 32.0 Å². The zero-order chi connectivity index (χ0) is 20.2. The Morgan fingerprint density at radius 1 is 0.857 bits per heavy atom.